The Labute approximate surface area is 120 Å². The summed E-state index contributed by atoms with van der Waals surface area (Å²) in [5.41, 5.74) is -0.540. The minimum atomic E-state index is -3.30. The summed E-state index contributed by atoms with van der Waals surface area (Å²) in [7, 11) is -1.72. The highest BCUT2D eigenvalue weighted by Gasteiger charge is 2.39. The number of rotatable bonds is 8. The average molecular weight is 307 g/mol. The maximum absolute atomic E-state index is 12.3. The van der Waals surface area contributed by atoms with Crippen molar-refractivity contribution in [3.05, 3.63) is 0 Å². The summed E-state index contributed by atoms with van der Waals surface area (Å²) < 4.78 is 30.6. The van der Waals surface area contributed by atoms with Crippen LogP contribution in [0.1, 0.15) is 19.8 Å². The van der Waals surface area contributed by atoms with Gasteiger partial charge in [-0.3, -0.25) is 4.79 Å². The number of piperidine rings is 1. The van der Waals surface area contributed by atoms with Crippen molar-refractivity contribution in [2.24, 2.45) is 5.41 Å². The van der Waals surface area contributed by atoms with E-state index in [1.807, 2.05) is 0 Å². The zero-order chi connectivity index (χ0) is 15.1. The van der Waals surface area contributed by atoms with Crippen LogP contribution in [0.2, 0.25) is 0 Å². The topological polar surface area (TPSA) is 96.5 Å². The van der Waals surface area contributed by atoms with Crippen LogP contribution in [0.5, 0.6) is 0 Å². The van der Waals surface area contributed by atoms with E-state index in [4.69, 9.17) is 4.74 Å². The van der Waals surface area contributed by atoms with E-state index in [2.05, 4.69) is 15.4 Å². The van der Waals surface area contributed by atoms with E-state index in [0.29, 0.717) is 26.0 Å². The van der Waals surface area contributed by atoms with E-state index in [-0.39, 0.29) is 18.2 Å². The van der Waals surface area contributed by atoms with Crippen LogP contribution in [0.3, 0.4) is 0 Å². The number of amides is 1. The van der Waals surface area contributed by atoms with Gasteiger partial charge in [-0.15, -0.1) is 0 Å². The van der Waals surface area contributed by atoms with Gasteiger partial charge in [0, 0.05) is 20.2 Å². The molecule has 0 bridgehead atoms. The molecule has 3 N–H and O–H groups in total. The van der Waals surface area contributed by atoms with Gasteiger partial charge in [-0.2, -0.15) is 0 Å². The zero-order valence-electron chi connectivity index (χ0n) is 12.2. The smallest absolute Gasteiger partial charge is 0.228 e. The van der Waals surface area contributed by atoms with Gasteiger partial charge in [-0.25, -0.2) is 13.1 Å². The molecule has 0 unspecified atom stereocenters. The molecule has 0 aromatic heterocycles. The lowest BCUT2D eigenvalue weighted by atomic mass is 9.78. The van der Waals surface area contributed by atoms with Crippen LogP contribution in [-0.2, 0) is 19.6 Å². The van der Waals surface area contributed by atoms with Crippen LogP contribution in [0, 0.1) is 5.41 Å². The summed E-state index contributed by atoms with van der Waals surface area (Å²) in [5.74, 6) is -0.221. The second-order valence-corrected chi connectivity index (χ2v) is 6.96. The van der Waals surface area contributed by atoms with Crippen LogP contribution in [0.25, 0.3) is 0 Å². The predicted octanol–water partition coefficient (Wildman–Crippen LogP) is -0.942. The van der Waals surface area contributed by atoms with Crippen molar-refractivity contribution in [2.45, 2.75) is 19.8 Å². The van der Waals surface area contributed by atoms with E-state index in [1.54, 1.807) is 14.0 Å². The van der Waals surface area contributed by atoms with Crippen LogP contribution in [0.15, 0.2) is 0 Å². The van der Waals surface area contributed by atoms with E-state index in [1.165, 1.54) is 0 Å². The lowest BCUT2D eigenvalue weighted by Gasteiger charge is -2.35. The molecule has 1 saturated heterocycles. The Morgan fingerprint density at radius 2 is 2.00 bits per heavy atom. The molecule has 118 valence electrons. The van der Waals surface area contributed by atoms with Crippen LogP contribution in [0.4, 0.5) is 0 Å². The molecule has 1 heterocycles. The molecular formula is C12H25N3O4S. The molecule has 8 heteroatoms. The highest BCUT2D eigenvalue weighted by molar-refractivity contribution is 7.89. The normalized spacial score (nSPS) is 18.7. The summed E-state index contributed by atoms with van der Waals surface area (Å²) in [6.07, 6.45) is 1.40. The quantitative estimate of drug-likeness (QED) is 0.538. The summed E-state index contributed by atoms with van der Waals surface area (Å²) in [6.45, 7) is 4.10. The molecular weight excluding hydrogens is 282 g/mol. The number of hydrogen-bond donors (Lipinski definition) is 3. The number of ether oxygens (including phenoxy) is 1. The lowest BCUT2D eigenvalue weighted by molar-refractivity contribution is -0.136. The fraction of sp³-hybridized carbons (Fsp3) is 0.917. The fourth-order valence-corrected chi connectivity index (χ4v) is 3.35. The van der Waals surface area contributed by atoms with Gasteiger partial charge in [0.25, 0.3) is 0 Å². The first-order valence-corrected chi connectivity index (χ1v) is 8.56. The van der Waals surface area contributed by atoms with Crippen LogP contribution >= 0.6 is 0 Å². The van der Waals surface area contributed by atoms with E-state index >= 15 is 0 Å². The first kappa shape index (κ1) is 17.4. The molecule has 1 rings (SSSR count). The Kier molecular flexibility index (Phi) is 6.87. The number of nitrogens with one attached hydrogen (secondary N) is 3. The van der Waals surface area contributed by atoms with Crippen LogP contribution in [-0.4, -0.2) is 60.0 Å². The highest BCUT2D eigenvalue weighted by Crippen LogP contribution is 2.29. The molecule has 20 heavy (non-hydrogen) atoms. The van der Waals surface area contributed by atoms with Crippen molar-refractivity contribution in [3.8, 4) is 0 Å². The zero-order valence-corrected chi connectivity index (χ0v) is 13.0. The van der Waals surface area contributed by atoms with Crippen LogP contribution < -0.4 is 15.4 Å². The number of carbonyl (C=O) groups excluding carboxylic acids is 1. The van der Waals surface area contributed by atoms with Gasteiger partial charge >= 0.3 is 0 Å². The Morgan fingerprint density at radius 1 is 1.35 bits per heavy atom. The monoisotopic (exact) mass is 307 g/mol. The molecule has 7 nitrogen and oxygen atoms in total. The molecule has 0 radical (unpaired) electrons. The van der Waals surface area contributed by atoms with Gasteiger partial charge in [0.1, 0.15) is 0 Å². The fourth-order valence-electron chi connectivity index (χ4n) is 2.40. The van der Waals surface area contributed by atoms with Crippen molar-refractivity contribution in [1.82, 2.24) is 15.4 Å². The first-order chi connectivity index (χ1) is 9.46. The Hall–Kier alpha value is -0.700. The van der Waals surface area contributed by atoms with Crippen molar-refractivity contribution in [3.63, 3.8) is 0 Å². The number of methoxy groups -OCH3 is 1. The molecule has 0 atom stereocenters. The summed E-state index contributed by atoms with van der Waals surface area (Å²) in [6, 6.07) is 0. The molecule has 0 spiro atoms. The van der Waals surface area contributed by atoms with Gasteiger partial charge in [0.05, 0.1) is 17.8 Å². The highest BCUT2D eigenvalue weighted by atomic mass is 32.2. The van der Waals surface area contributed by atoms with E-state index in [9.17, 15) is 13.2 Å². The maximum Gasteiger partial charge on any atom is 0.228 e. The second kappa shape index (κ2) is 7.92. The molecule has 1 aliphatic rings. The van der Waals surface area contributed by atoms with Gasteiger partial charge in [-0.05, 0) is 25.9 Å². The summed E-state index contributed by atoms with van der Waals surface area (Å²) in [5, 5.41) is 5.94. The molecule has 1 amide bonds. The minimum Gasteiger partial charge on any atom is -0.384 e. The minimum absolute atomic E-state index is 0.103. The second-order valence-electron chi connectivity index (χ2n) is 5.04. The molecule has 0 aromatic carbocycles. The molecule has 0 saturated carbocycles. The van der Waals surface area contributed by atoms with Crippen molar-refractivity contribution in [1.29, 1.82) is 0 Å². The molecule has 0 aliphatic carbocycles. The van der Waals surface area contributed by atoms with Crippen molar-refractivity contribution in [2.75, 3.05) is 45.6 Å². The predicted molar refractivity (Wildman–Crippen MR) is 76.9 cm³/mol. The first-order valence-electron chi connectivity index (χ1n) is 6.91. The van der Waals surface area contributed by atoms with Crippen molar-refractivity contribution < 1.29 is 17.9 Å². The molecule has 1 aliphatic heterocycles. The number of sulfonamides is 1. The Balaban J connectivity index is 2.51. The third kappa shape index (κ3) is 5.01. The third-order valence-electron chi connectivity index (χ3n) is 3.48. The standard InChI is InChI=1S/C12H25N3O4S/c1-3-15-20(17,18)9-8-14-11(16)12(10-19-2)4-6-13-7-5-12/h13,15H,3-10H2,1-2H3,(H,14,16). The maximum atomic E-state index is 12.3. The van der Waals surface area contributed by atoms with Gasteiger partial charge in [0.15, 0.2) is 0 Å². The van der Waals surface area contributed by atoms with Gasteiger partial charge in [0.2, 0.25) is 15.9 Å². The average Bonchev–Trinajstić information content (AvgIpc) is 2.39. The van der Waals surface area contributed by atoms with Gasteiger partial charge < -0.3 is 15.4 Å². The third-order valence-corrected chi connectivity index (χ3v) is 4.95. The lowest BCUT2D eigenvalue weighted by Crippen LogP contribution is -2.51. The molecule has 1 fully saturated rings. The Bertz CT molecular complexity index is 399. The number of hydrogen-bond acceptors (Lipinski definition) is 5. The largest absolute Gasteiger partial charge is 0.384 e. The summed E-state index contributed by atoms with van der Waals surface area (Å²) in [4.78, 5) is 12.3. The van der Waals surface area contributed by atoms with E-state index < -0.39 is 15.4 Å². The Morgan fingerprint density at radius 3 is 2.55 bits per heavy atom. The van der Waals surface area contributed by atoms with Gasteiger partial charge in [-0.1, -0.05) is 6.92 Å². The van der Waals surface area contributed by atoms with E-state index in [0.717, 1.165) is 13.1 Å². The van der Waals surface area contributed by atoms with Crippen molar-refractivity contribution >= 4 is 15.9 Å². The molecule has 0 aromatic rings. The SMILES string of the molecule is CCNS(=O)(=O)CCNC(=O)C1(COC)CCNCC1. The number of carbonyl (C=O) groups is 1. The summed E-state index contributed by atoms with van der Waals surface area (Å²) >= 11 is 0.